The van der Waals surface area contributed by atoms with E-state index in [1.165, 1.54) is 13.5 Å². The molecule has 0 bridgehead atoms. The first-order chi connectivity index (χ1) is 9.78. The number of likely N-dealkylation sites (N-methyl/N-ethyl adjacent to an activating group) is 1. The summed E-state index contributed by atoms with van der Waals surface area (Å²) >= 11 is 0. The quantitative estimate of drug-likeness (QED) is 0.750. The molecule has 0 aromatic carbocycles. The highest BCUT2D eigenvalue weighted by molar-refractivity contribution is 5.80. The highest BCUT2D eigenvalue weighted by Crippen LogP contribution is 2.20. The van der Waals surface area contributed by atoms with Crippen molar-refractivity contribution >= 4 is 5.97 Å². The van der Waals surface area contributed by atoms with Gasteiger partial charge >= 0.3 is 5.97 Å². The van der Waals surface area contributed by atoms with Gasteiger partial charge in [-0.1, -0.05) is 0 Å². The number of ether oxygens (including phenoxy) is 1. The summed E-state index contributed by atoms with van der Waals surface area (Å²) in [5, 5.41) is 3.39. The van der Waals surface area contributed by atoms with Crippen molar-refractivity contribution in [3.63, 3.8) is 0 Å². The van der Waals surface area contributed by atoms with E-state index < -0.39 is 5.54 Å². The molecule has 5 heteroatoms. The predicted octanol–water partition coefficient (Wildman–Crippen LogP) is 1.33. The second kappa shape index (κ2) is 8.11. The van der Waals surface area contributed by atoms with E-state index in [0.717, 1.165) is 32.6 Å². The van der Waals surface area contributed by atoms with Gasteiger partial charge in [0.1, 0.15) is 5.54 Å². The second-order valence-corrected chi connectivity index (χ2v) is 6.87. The molecule has 21 heavy (non-hydrogen) atoms. The van der Waals surface area contributed by atoms with Crippen LogP contribution in [-0.4, -0.2) is 73.7 Å². The lowest BCUT2D eigenvalue weighted by Crippen LogP contribution is -2.56. The monoisotopic (exact) mass is 299 g/mol. The first-order valence-electron chi connectivity index (χ1n) is 8.07. The van der Waals surface area contributed by atoms with Crippen molar-refractivity contribution in [1.82, 2.24) is 15.1 Å². The van der Waals surface area contributed by atoms with Crippen LogP contribution >= 0.6 is 0 Å². The molecule has 0 amide bonds. The minimum Gasteiger partial charge on any atom is -0.468 e. The van der Waals surface area contributed by atoms with E-state index >= 15 is 0 Å². The van der Waals surface area contributed by atoms with Crippen LogP contribution in [0.4, 0.5) is 0 Å². The van der Waals surface area contributed by atoms with Crippen LogP contribution in [0.2, 0.25) is 0 Å². The summed E-state index contributed by atoms with van der Waals surface area (Å²) in [5.41, 5.74) is -0.624. The van der Waals surface area contributed by atoms with E-state index in [1.54, 1.807) is 0 Å². The van der Waals surface area contributed by atoms with Crippen LogP contribution in [-0.2, 0) is 9.53 Å². The molecule has 1 aliphatic rings. The van der Waals surface area contributed by atoms with Crippen LogP contribution in [0.15, 0.2) is 0 Å². The number of carbonyl (C=O) groups is 1. The lowest BCUT2D eigenvalue weighted by Gasteiger charge is -2.36. The SMILES string of the molecule is COC(=O)C(C)(CC(C)N1CCCN(C)CC1)NC(C)C. The van der Waals surface area contributed by atoms with Gasteiger partial charge in [0.25, 0.3) is 0 Å². The Bertz CT molecular complexity index is 335. The number of hydrogen-bond acceptors (Lipinski definition) is 5. The molecule has 5 nitrogen and oxygen atoms in total. The molecule has 2 atom stereocenters. The fraction of sp³-hybridized carbons (Fsp3) is 0.938. The zero-order chi connectivity index (χ0) is 16.0. The van der Waals surface area contributed by atoms with Crippen LogP contribution in [0.3, 0.4) is 0 Å². The highest BCUT2D eigenvalue weighted by atomic mass is 16.5. The van der Waals surface area contributed by atoms with Gasteiger partial charge in [-0.15, -0.1) is 0 Å². The number of carbonyl (C=O) groups excluding carboxylic acids is 1. The van der Waals surface area contributed by atoms with Gasteiger partial charge in [0, 0.05) is 25.2 Å². The van der Waals surface area contributed by atoms with E-state index in [-0.39, 0.29) is 12.0 Å². The Labute approximate surface area is 130 Å². The maximum Gasteiger partial charge on any atom is 0.325 e. The Morgan fingerprint density at radius 1 is 1.24 bits per heavy atom. The molecule has 2 unspecified atom stereocenters. The molecule has 124 valence electrons. The number of esters is 1. The number of nitrogens with one attached hydrogen (secondary N) is 1. The molecular weight excluding hydrogens is 266 g/mol. The van der Waals surface area contributed by atoms with Gasteiger partial charge in [-0.25, -0.2) is 0 Å². The molecule has 0 aromatic rings. The largest absolute Gasteiger partial charge is 0.468 e. The smallest absolute Gasteiger partial charge is 0.325 e. The summed E-state index contributed by atoms with van der Waals surface area (Å²) in [5.74, 6) is -0.171. The summed E-state index contributed by atoms with van der Waals surface area (Å²) in [6.45, 7) is 12.7. The number of methoxy groups -OCH3 is 1. The topological polar surface area (TPSA) is 44.8 Å². The lowest BCUT2D eigenvalue weighted by atomic mass is 9.91. The second-order valence-electron chi connectivity index (χ2n) is 6.87. The van der Waals surface area contributed by atoms with Crippen molar-refractivity contribution in [3.8, 4) is 0 Å². The first kappa shape index (κ1) is 18.4. The average molecular weight is 299 g/mol. The van der Waals surface area contributed by atoms with E-state index in [0.29, 0.717) is 6.04 Å². The summed E-state index contributed by atoms with van der Waals surface area (Å²) in [4.78, 5) is 17.1. The summed E-state index contributed by atoms with van der Waals surface area (Å²) < 4.78 is 5.02. The number of rotatable bonds is 6. The Kier molecular flexibility index (Phi) is 7.10. The predicted molar refractivity (Wildman–Crippen MR) is 86.5 cm³/mol. The summed E-state index contributed by atoms with van der Waals surface area (Å²) in [7, 11) is 3.64. The molecule has 1 aliphatic heterocycles. The minimum atomic E-state index is -0.624. The van der Waals surface area contributed by atoms with Gasteiger partial charge in [0.15, 0.2) is 0 Å². The zero-order valence-electron chi connectivity index (χ0n) is 14.6. The Morgan fingerprint density at radius 2 is 1.90 bits per heavy atom. The van der Waals surface area contributed by atoms with Crippen LogP contribution in [0, 0.1) is 0 Å². The fourth-order valence-corrected chi connectivity index (χ4v) is 3.29. The summed E-state index contributed by atoms with van der Waals surface area (Å²) in [6, 6.07) is 0.600. The molecule has 1 saturated heterocycles. The van der Waals surface area contributed by atoms with E-state index in [9.17, 15) is 4.79 Å². The molecule has 0 aromatic heterocycles. The van der Waals surface area contributed by atoms with Crippen LogP contribution < -0.4 is 5.32 Å². The van der Waals surface area contributed by atoms with Crippen molar-refractivity contribution in [1.29, 1.82) is 0 Å². The Hall–Kier alpha value is -0.650. The van der Waals surface area contributed by atoms with Crippen molar-refractivity contribution in [2.75, 3.05) is 40.3 Å². The van der Waals surface area contributed by atoms with Gasteiger partial charge < -0.3 is 9.64 Å². The van der Waals surface area contributed by atoms with Gasteiger partial charge in [0.05, 0.1) is 7.11 Å². The minimum absolute atomic E-state index is 0.171. The van der Waals surface area contributed by atoms with Crippen LogP contribution in [0.1, 0.15) is 40.5 Å². The van der Waals surface area contributed by atoms with Crippen LogP contribution in [0.25, 0.3) is 0 Å². The normalized spacial score (nSPS) is 22.6. The zero-order valence-corrected chi connectivity index (χ0v) is 14.6. The molecule has 0 spiro atoms. The molecule has 1 fully saturated rings. The van der Waals surface area contributed by atoms with E-state index in [2.05, 4.69) is 42.9 Å². The van der Waals surface area contributed by atoms with Crippen molar-refractivity contribution in [2.45, 2.75) is 58.2 Å². The van der Waals surface area contributed by atoms with Crippen molar-refractivity contribution in [2.24, 2.45) is 0 Å². The third-order valence-electron chi connectivity index (χ3n) is 4.32. The van der Waals surface area contributed by atoms with E-state index in [1.807, 2.05) is 6.92 Å². The van der Waals surface area contributed by atoms with Crippen LogP contribution in [0.5, 0.6) is 0 Å². The Balaban J connectivity index is 2.70. The Morgan fingerprint density at radius 3 is 2.48 bits per heavy atom. The molecule has 1 N–H and O–H groups in total. The highest BCUT2D eigenvalue weighted by Gasteiger charge is 2.37. The number of nitrogens with zero attached hydrogens (tertiary/aromatic N) is 2. The standard InChI is InChI=1S/C16H33N3O2/c1-13(2)17-16(4,15(20)21-6)12-14(3)19-9-7-8-18(5)10-11-19/h13-14,17H,7-12H2,1-6H3. The van der Waals surface area contributed by atoms with Crippen molar-refractivity contribution < 1.29 is 9.53 Å². The molecular formula is C16H33N3O2. The maximum absolute atomic E-state index is 12.2. The molecule has 0 aliphatic carbocycles. The first-order valence-corrected chi connectivity index (χ1v) is 8.07. The molecule has 1 rings (SSSR count). The molecule has 0 saturated carbocycles. The fourth-order valence-electron chi connectivity index (χ4n) is 3.29. The van der Waals surface area contributed by atoms with Gasteiger partial charge in [-0.2, -0.15) is 0 Å². The maximum atomic E-state index is 12.2. The molecule has 0 radical (unpaired) electrons. The number of hydrogen-bond donors (Lipinski definition) is 1. The van der Waals surface area contributed by atoms with E-state index in [4.69, 9.17) is 4.74 Å². The average Bonchev–Trinajstić information content (AvgIpc) is 2.61. The van der Waals surface area contributed by atoms with Crippen molar-refractivity contribution in [3.05, 3.63) is 0 Å². The summed E-state index contributed by atoms with van der Waals surface area (Å²) in [6.07, 6.45) is 1.95. The third-order valence-corrected chi connectivity index (χ3v) is 4.32. The molecule has 1 heterocycles. The van der Waals surface area contributed by atoms with Gasteiger partial charge in [-0.05, 0) is 60.7 Å². The van der Waals surface area contributed by atoms with Gasteiger partial charge in [0.2, 0.25) is 0 Å². The third kappa shape index (κ3) is 5.57. The lowest BCUT2D eigenvalue weighted by molar-refractivity contribution is -0.149. The van der Waals surface area contributed by atoms with Gasteiger partial charge in [-0.3, -0.25) is 15.0 Å².